The molecule has 4 rings (SSSR count). The van der Waals surface area contributed by atoms with E-state index < -0.39 is 0 Å². The molecule has 5 atom stereocenters. The molecule has 146 valence electrons. The van der Waals surface area contributed by atoms with E-state index in [0.29, 0.717) is 15.8 Å². The van der Waals surface area contributed by atoms with Gasteiger partial charge in [0.05, 0.1) is 0 Å². The Hall–Kier alpha value is 1.38. The fourth-order valence-corrected chi connectivity index (χ4v) is 13.9. The molecule has 4 fully saturated rings. The van der Waals surface area contributed by atoms with Crippen LogP contribution in [-0.2, 0) is 17.1 Å². The predicted octanol–water partition coefficient (Wildman–Crippen LogP) is 7.59. The van der Waals surface area contributed by atoms with Crippen molar-refractivity contribution in [2.75, 3.05) is 0 Å². The van der Waals surface area contributed by atoms with Gasteiger partial charge in [0, 0.05) is 17.1 Å². The molecule has 2 radical (unpaired) electrons. The second-order valence-electron chi connectivity index (χ2n) is 8.96. The third-order valence-electron chi connectivity index (χ3n) is 7.16. The summed E-state index contributed by atoms with van der Waals surface area (Å²) in [5.41, 5.74) is 6.45. The van der Waals surface area contributed by atoms with Gasteiger partial charge in [0.25, 0.3) is 0 Å². The molecule has 2 saturated carbocycles. The summed E-state index contributed by atoms with van der Waals surface area (Å²) in [6.45, 7) is 9.96. The smallest absolute Gasteiger partial charge is 0 e. The van der Waals surface area contributed by atoms with Crippen LogP contribution in [0.1, 0.15) is 91.9 Å². The molecule has 2 heterocycles. The minimum Gasteiger partial charge on any atom is -0.0977 e. The fourth-order valence-electron chi connectivity index (χ4n) is 5.87. The van der Waals surface area contributed by atoms with Crippen molar-refractivity contribution in [2.24, 2.45) is 0 Å². The zero-order valence-electron chi connectivity index (χ0n) is 16.9. The average Bonchev–Trinajstić information content (AvgIpc) is 3.31. The van der Waals surface area contributed by atoms with E-state index in [1.807, 2.05) is 0 Å². The van der Waals surface area contributed by atoms with Crippen molar-refractivity contribution in [3.63, 3.8) is 0 Å². The van der Waals surface area contributed by atoms with Gasteiger partial charge in [-0.25, -0.2) is 0 Å². The Kier molecular flexibility index (Phi) is 9.79. The molecule has 0 bridgehead atoms. The van der Waals surface area contributed by atoms with Gasteiger partial charge in [-0.15, -0.1) is 0 Å². The van der Waals surface area contributed by atoms with E-state index in [1.165, 1.54) is 57.0 Å². The Labute approximate surface area is 171 Å². The summed E-state index contributed by atoms with van der Waals surface area (Å²) in [7, 11) is 0.776. The van der Waals surface area contributed by atoms with E-state index in [9.17, 15) is 0 Å². The standard InChI is InChI=1S/C11H21P.C11H19P.Fe/c2*1-9-7-8-10(2)12(9)11-5-3-4-6-11;/h9-11H,3-8H2,1-2H3;3,5,9-11H,4,6-8H2,1-2H3;/t9-,10-;9-,10-,11?;/m00./s1. The molecule has 2 aliphatic heterocycles. The van der Waals surface area contributed by atoms with Crippen molar-refractivity contribution in [3.05, 3.63) is 12.8 Å². The van der Waals surface area contributed by atoms with Gasteiger partial charge in [-0.3, -0.25) is 0 Å². The van der Waals surface area contributed by atoms with Crippen molar-refractivity contribution in [3.8, 4) is 0 Å². The molecule has 0 aromatic heterocycles. The molecule has 0 N–H and O–H groups in total. The monoisotopic (exact) mass is 422 g/mol. The second-order valence-corrected chi connectivity index (χ2v) is 15.7. The van der Waals surface area contributed by atoms with Gasteiger partial charge >= 0.3 is 0 Å². The van der Waals surface area contributed by atoms with Gasteiger partial charge < -0.3 is 0 Å². The zero-order chi connectivity index (χ0) is 17.1. The molecule has 0 amide bonds. The van der Waals surface area contributed by atoms with Crippen LogP contribution in [0.2, 0.25) is 0 Å². The van der Waals surface area contributed by atoms with Crippen LogP contribution in [0.4, 0.5) is 0 Å². The number of rotatable bonds is 2. The van der Waals surface area contributed by atoms with E-state index in [2.05, 4.69) is 40.5 Å². The largest absolute Gasteiger partial charge is 0.0977 e. The number of hydrogen-bond acceptors (Lipinski definition) is 0. The van der Waals surface area contributed by atoms with E-state index in [-0.39, 0.29) is 17.1 Å². The second kappa shape index (κ2) is 10.8. The normalized spacial score (nSPS) is 37.9. The van der Waals surface area contributed by atoms with E-state index >= 15 is 0 Å². The Morgan fingerprint density at radius 2 is 1.12 bits per heavy atom. The molecule has 0 aromatic rings. The van der Waals surface area contributed by atoms with E-state index in [1.54, 1.807) is 12.8 Å². The molecule has 4 aliphatic rings. The first kappa shape index (κ1) is 22.7. The Bertz CT molecular complexity index is 320. The maximum Gasteiger partial charge on any atom is 0 e. The maximum absolute atomic E-state index is 2.51. The molecule has 3 heteroatoms. The Balaban J connectivity index is 0.000000173. The van der Waals surface area contributed by atoms with Gasteiger partial charge in [0.2, 0.25) is 0 Å². The van der Waals surface area contributed by atoms with Crippen LogP contribution < -0.4 is 0 Å². The molecule has 2 aliphatic carbocycles. The van der Waals surface area contributed by atoms with Crippen LogP contribution in [0.3, 0.4) is 0 Å². The summed E-state index contributed by atoms with van der Waals surface area (Å²) in [5, 5.41) is 0. The third kappa shape index (κ3) is 5.69. The molecule has 1 unspecified atom stereocenters. The predicted molar refractivity (Wildman–Crippen MR) is 114 cm³/mol. The van der Waals surface area contributed by atoms with Gasteiger partial charge in [0.15, 0.2) is 0 Å². The van der Waals surface area contributed by atoms with E-state index in [0.717, 1.165) is 28.3 Å². The topological polar surface area (TPSA) is 0 Å². The SMILES string of the molecule is C[C@H]1CC[C@H](C)P1C1CCCC1.C[C@H]1CC[C@H](C)P1C1[CH][CH]CC1.[Fe]. The first-order chi connectivity index (χ1) is 11.6. The Morgan fingerprint density at radius 3 is 1.56 bits per heavy atom. The van der Waals surface area contributed by atoms with Gasteiger partial charge in [-0.1, -0.05) is 56.4 Å². The minimum absolute atomic E-state index is 0. The van der Waals surface area contributed by atoms with Crippen LogP contribution in [0, 0.1) is 12.8 Å². The van der Waals surface area contributed by atoms with Crippen molar-refractivity contribution in [2.45, 2.75) is 126 Å². The van der Waals surface area contributed by atoms with Crippen molar-refractivity contribution < 1.29 is 17.1 Å². The van der Waals surface area contributed by atoms with Crippen LogP contribution >= 0.6 is 15.8 Å². The van der Waals surface area contributed by atoms with Crippen molar-refractivity contribution >= 4 is 15.8 Å². The fraction of sp³-hybridized carbons (Fsp3) is 0.909. The molecule has 0 nitrogen and oxygen atoms in total. The molecular formula is C22H40FeP2. The van der Waals surface area contributed by atoms with Crippen molar-refractivity contribution in [1.29, 1.82) is 0 Å². The third-order valence-corrected chi connectivity index (χ3v) is 14.8. The average molecular weight is 422 g/mol. The molecule has 0 spiro atoms. The van der Waals surface area contributed by atoms with Crippen LogP contribution in [0.25, 0.3) is 0 Å². The summed E-state index contributed by atoms with van der Waals surface area (Å²) in [6, 6.07) is 0. The summed E-state index contributed by atoms with van der Waals surface area (Å²) in [6.07, 6.45) is 20.0. The van der Waals surface area contributed by atoms with Crippen LogP contribution in [0.5, 0.6) is 0 Å². The zero-order valence-corrected chi connectivity index (χ0v) is 19.8. The number of hydrogen-bond donors (Lipinski definition) is 0. The molecule has 25 heavy (non-hydrogen) atoms. The van der Waals surface area contributed by atoms with Crippen LogP contribution in [0.15, 0.2) is 0 Å². The first-order valence-electron chi connectivity index (χ1n) is 10.8. The van der Waals surface area contributed by atoms with Gasteiger partial charge in [0.1, 0.15) is 0 Å². The van der Waals surface area contributed by atoms with E-state index in [4.69, 9.17) is 0 Å². The summed E-state index contributed by atoms with van der Waals surface area (Å²) in [5.74, 6) is 0. The minimum atomic E-state index is 0. The summed E-state index contributed by atoms with van der Waals surface area (Å²) >= 11 is 0. The summed E-state index contributed by atoms with van der Waals surface area (Å²) < 4.78 is 0. The summed E-state index contributed by atoms with van der Waals surface area (Å²) in [4.78, 5) is 0. The molecular weight excluding hydrogens is 382 g/mol. The van der Waals surface area contributed by atoms with Crippen molar-refractivity contribution in [1.82, 2.24) is 0 Å². The molecule has 0 aromatic carbocycles. The van der Waals surface area contributed by atoms with Crippen LogP contribution in [-0.4, -0.2) is 34.0 Å². The molecule has 2 saturated heterocycles. The maximum atomic E-state index is 2.51. The Morgan fingerprint density at radius 1 is 0.640 bits per heavy atom. The van der Waals surface area contributed by atoms with Gasteiger partial charge in [-0.05, 0) is 98.2 Å². The quantitative estimate of drug-likeness (QED) is 0.318. The van der Waals surface area contributed by atoms with Gasteiger partial charge in [-0.2, -0.15) is 0 Å². The first-order valence-corrected chi connectivity index (χ1v) is 13.9.